The molecule has 0 aromatic heterocycles. The summed E-state index contributed by atoms with van der Waals surface area (Å²) in [5.41, 5.74) is 0.874. The molecule has 1 aliphatic rings. The first-order valence-corrected chi connectivity index (χ1v) is 9.82. The molecule has 0 bridgehead atoms. The summed E-state index contributed by atoms with van der Waals surface area (Å²) in [5, 5.41) is 15.2. The van der Waals surface area contributed by atoms with E-state index in [1.54, 1.807) is 19.2 Å². The van der Waals surface area contributed by atoms with Gasteiger partial charge in [-0.1, -0.05) is 18.2 Å². The highest BCUT2D eigenvalue weighted by Crippen LogP contribution is 2.29. The largest absolute Gasteiger partial charge is 0.416 e. The maximum absolute atomic E-state index is 14.0. The van der Waals surface area contributed by atoms with Gasteiger partial charge in [-0.25, -0.2) is 4.39 Å². The summed E-state index contributed by atoms with van der Waals surface area (Å²) in [4.78, 5) is 6.33. The van der Waals surface area contributed by atoms with Gasteiger partial charge in [0.1, 0.15) is 5.82 Å². The Morgan fingerprint density at radius 1 is 1.23 bits per heavy atom. The number of hydrogen-bond donors (Lipinski definition) is 2. The van der Waals surface area contributed by atoms with E-state index in [4.69, 9.17) is 5.26 Å². The Balaban J connectivity index is 1.49. The van der Waals surface area contributed by atoms with Crippen molar-refractivity contribution in [3.05, 3.63) is 70.5 Å². The van der Waals surface area contributed by atoms with Gasteiger partial charge in [-0.05, 0) is 36.2 Å². The molecular weight excluding hydrogens is 410 g/mol. The van der Waals surface area contributed by atoms with E-state index in [0.29, 0.717) is 24.6 Å². The summed E-state index contributed by atoms with van der Waals surface area (Å²) in [7, 11) is 1.62. The fraction of sp³-hybridized carbons (Fsp3) is 0.364. The van der Waals surface area contributed by atoms with E-state index in [9.17, 15) is 17.6 Å². The Hall–Kier alpha value is -3.12. The summed E-state index contributed by atoms with van der Waals surface area (Å²) in [6, 6.07) is 11.6. The Morgan fingerprint density at radius 3 is 2.58 bits per heavy atom. The van der Waals surface area contributed by atoms with Crippen LogP contribution < -0.4 is 10.6 Å². The van der Waals surface area contributed by atoms with Crippen LogP contribution in [0.15, 0.2) is 47.5 Å². The van der Waals surface area contributed by atoms with Crippen LogP contribution in [0.4, 0.5) is 17.6 Å². The zero-order valence-corrected chi connectivity index (χ0v) is 17.0. The van der Waals surface area contributed by atoms with Crippen LogP contribution >= 0.6 is 0 Å². The van der Waals surface area contributed by atoms with Crippen LogP contribution in [0.3, 0.4) is 0 Å². The molecule has 164 valence electrons. The Kier molecular flexibility index (Phi) is 7.13. The van der Waals surface area contributed by atoms with E-state index >= 15 is 0 Å². The van der Waals surface area contributed by atoms with Crippen molar-refractivity contribution < 1.29 is 17.6 Å². The lowest BCUT2D eigenvalue weighted by molar-refractivity contribution is -0.137. The maximum Gasteiger partial charge on any atom is 0.416 e. The molecule has 0 spiro atoms. The number of nitrogens with one attached hydrogen (secondary N) is 2. The first-order valence-electron chi connectivity index (χ1n) is 9.82. The predicted octanol–water partition coefficient (Wildman–Crippen LogP) is 3.66. The molecule has 0 saturated carbocycles. The van der Waals surface area contributed by atoms with Crippen molar-refractivity contribution >= 4 is 5.96 Å². The van der Waals surface area contributed by atoms with Crippen molar-refractivity contribution in [2.24, 2.45) is 4.99 Å². The average Bonchev–Trinajstić information content (AvgIpc) is 3.18. The first-order chi connectivity index (χ1) is 14.8. The number of likely N-dealkylation sites (tertiary alicyclic amines) is 1. The van der Waals surface area contributed by atoms with Crippen molar-refractivity contribution in [1.29, 1.82) is 5.26 Å². The third-order valence-corrected chi connectivity index (χ3v) is 5.15. The number of benzene rings is 2. The van der Waals surface area contributed by atoms with Crippen LogP contribution in [0.5, 0.6) is 0 Å². The first kappa shape index (κ1) is 22.6. The highest BCUT2D eigenvalue weighted by Gasteiger charge is 2.30. The molecule has 5 nitrogen and oxygen atoms in total. The Morgan fingerprint density at radius 2 is 1.97 bits per heavy atom. The summed E-state index contributed by atoms with van der Waals surface area (Å²) >= 11 is 0. The Bertz CT molecular complexity index is 963. The molecular formula is C22H23F4N5. The smallest absolute Gasteiger partial charge is 0.352 e. The molecule has 0 radical (unpaired) electrons. The number of hydrogen-bond acceptors (Lipinski definition) is 3. The molecule has 31 heavy (non-hydrogen) atoms. The summed E-state index contributed by atoms with van der Waals surface area (Å²) in [6.45, 7) is 2.31. The molecule has 2 aromatic carbocycles. The SMILES string of the molecule is CN=C(NCc1ccc(C#N)cc1F)NC1CCN(Cc2ccc(C(F)(F)F)cc2)C1. The number of guanidine groups is 1. The molecule has 9 heteroatoms. The minimum absolute atomic E-state index is 0.117. The van der Waals surface area contributed by atoms with Gasteiger partial charge in [0.05, 0.1) is 17.2 Å². The summed E-state index contributed by atoms with van der Waals surface area (Å²) < 4.78 is 52.1. The van der Waals surface area contributed by atoms with E-state index < -0.39 is 17.6 Å². The lowest BCUT2D eigenvalue weighted by Crippen LogP contribution is -2.44. The molecule has 1 atom stereocenters. The van der Waals surface area contributed by atoms with Gasteiger partial charge in [0.25, 0.3) is 0 Å². The molecule has 1 fully saturated rings. The average molecular weight is 433 g/mol. The molecule has 1 saturated heterocycles. The third-order valence-electron chi connectivity index (χ3n) is 5.15. The number of nitriles is 1. The van der Waals surface area contributed by atoms with Crippen molar-refractivity contribution in [2.45, 2.75) is 31.7 Å². The van der Waals surface area contributed by atoms with Gasteiger partial charge in [0.15, 0.2) is 5.96 Å². The zero-order valence-electron chi connectivity index (χ0n) is 17.0. The monoisotopic (exact) mass is 433 g/mol. The van der Waals surface area contributed by atoms with Crippen LogP contribution in [-0.2, 0) is 19.3 Å². The van der Waals surface area contributed by atoms with Gasteiger partial charge >= 0.3 is 6.18 Å². The molecule has 0 amide bonds. The predicted molar refractivity (Wildman–Crippen MR) is 110 cm³/mol. The fourth-order valence-corrected chi connectivity index (χ4v) is 3.48. The van der Waals surface area contributed by atoms with Crippen molar-refractivity contribution in [3.63, 3.8) is 0 Å². The molecule has 2 N–H and O–H groups in total. The highest BCUT2D eigenvalue weighted by molar-refractivity contribution is 5.80. The van der Waals surface area contributed by atoms with E-state index in [-0.39, 0.29) is 18.2 Å². The van der Waals surface area contributed by atoms with E-state index in [0.717, 1.165) is 30.7 Å². The van der Waals surface area contributed by atoms with Gasteiger partial charge < -0.3 is 10.6 Å². The summed E-state index contributed by atoms with van der Waals surface area (Å²) in [6.07, 6.45) is -3.47. The molecule has 0 aliphatic carbocycles. The van der Waals surface area contributed by atoms with Crippen molar-refractivity contribution in [1.82, 2.24) is 15.5 Å². The number of rotatable bonds is 5. The van der Waals surface area contributed by atoms with Crippen LogP contribution in [0.1, 0.15) is 28.7 Å². The van der Waals surface area contributed by atoms with Gasteiger partial charge in [0, 0.05) is 44.8 Å². The number of aliphatic imine (C=N–C) groups is 1. The second kappa shape index (κ2) is 9.79. The van der Waals surface area contributed by atoms with Crippen LogP contribution in [0.2, 0.25) is 0 Å². The fourth-order valence-electron chi connectivity index (χ4n) is 3.48. The van der Waals surface area contributed by atoms with Gasteiger partial charge in [-0.2, -0.15) is 18.4 Å². The van der Waals surface area contributed by atoms with Gasteiger partial charge in [0.2, 0.25) is 0 Å². The second-order valence-electron chi connectivity index (χ2n) is 7.40. The standard InChI is InChI=1S/C22H23F4N5/c1-28-21(29-12-17-5-2-16(11-27)10-20(17)23)30-19-8-9-31(14-19)13-15-3-6-18(7-4-15)22(24,25)26/h2-7,10,19H,8-9,12-14H2,1H3,(H2,28,29,30). The number of halogens is 4. The minimum atomic E-state index is -4.33. The molecule has 2 aromatic rings. The zero-order chi connectivity index (χ0) is 22.4. The van der Waals surface area contributed by atoms with Crippen molar-refractivity contribution in [3.8, 4) is 6.07 Å². The molecule has 1 heterocycles. The normalized spacial score (nSPS) is 17.4. The van der Waals surface area contributed by atoms with Crippen LogP contribution in [-0.4, -0.2) is 37.0 Å². The van der Waals surface area contributed by atoms with Crippen LogP contribution in [0.25, 0.3) is 0 Å². The van der Waals surface area contributed by atoms with Crippen LogP contribution in [0, 0.1) is 17.1 Å². The minimum Gasteiger partial charge on any atom is -0.352 e. The highest BCUT2D eigenvalue weighted by atomic mass is 19.4. The number of nitrogens with zero attached hydrogens (tertiary/aromatic N) is 3. The molecule has 1 aliphatic heterocycles. The molecule has 3 rings (SSSR count). The second-order valence-corrected chi connectivity index (χ2v) is 7.40. The Labute approximate surface area is 178 Å². The topological polar surface area (TPSA) is 63.5 Å². The van der Waals surface area contributed by atoms with Crippen molar-refractivity contribution in [2.75, 3.05) is 20.1 Å². The van der Waals surface area contributed by atoms with E-state index in [1.807, 2.05) is 6.07 Å². The van der Waals surface area contributed by atoms with E-state index in [1.165, 1.54) is 18.2 Å². The van der Waals surface area contributed by atoms with E-state index in [2.05, 4.69) is 20.5 Å². The third kappa shape index (κ3) is 6.18. The number of alkyl halides is 3. The lowest BCUT2D eigenvalue weighted by atomic mass is 10.1. The lowest BCUT2D eigenvalue weighted by Gasteiger charge is -2.19. The van der Waals surface area contributed by atoms with Gasteiger partial charge in [-0.3, -0.25) is 9.89 Å². The summed E-state index contributed by atoms with van der Waals surface area (Å²) in [5.74, 6) is 0.0794. The maximum atomic E-state index is 14.0. The van der Waals surface area contributed by atoms with Gasteiger partial charge in [-0.15, -0.1) is 0 Å². The molecule has 1 unspecified atom stereocenters. The quantitative estimate of drug-likeness (QED) is 0.429.